The summed E-state index contributed by atoms with van der Waals surface area (Å²) in [5.41, 5.74) is 0.678. The van der Waals surface area contributed by atoms with Crippen LogP contribution < -0.4 is 4.90 Å². The Bertz CT molecular complexity index is 440. The molecule has 0 spiro atoms. The molecule has 0 fully saturated rings. The highest BCUT2D eigenvalue weighted by atomic mass is 35.5. The second kappa shape index (κ2) is 5.59. The Hall–Kier alpha value is -1.26. The average Bonchev–Trinajstić information content (AvgIpc) is 2.24. The zero-order valence-corrected chi connectivity index (χ0v) is 11.8. The monoisotopic (exact) mass is 271 g/mol. The molecule has 18 heavy (non-hydrogen) atoms. The van der Waals surface area contributed by atoms with Gasteiger partial charge in [0.2, 0.25) is 0 Å². The summed E-state index contributed by atoms with van der Waals surface area (Å²) < 4.78 is 5.25. The van der Waals surface area contributed by atoms with Crippen molar-refractivity contribution in [1.82, 2.24) is 0 Å². The van der Waals surface area contributed by atoms with Crippen LogP contribution in [0.25, 0.3) is 0 Å². The van der Waals surface area contributed by atoms with Gasteiger partial charge in [0.15, 0.2) is 0 Å². The van der Waals surface area contributed by atoms with E-state index >= 15 is 0 Å². The minimum absolute atomic E-state index is 0.129. The molecule has 0 saturated heterocycles. The second-order valence-electron chi connectivity index (χ2n) is 5.02. The lowest BCUT2D eigenvalue weighted by molar-refractivity contribution is 0.0589. The van der Waals surface area contributed by atoms with Gasteiger partial charge in [-0.15, -0.1) is 0 Å². The highest BCUT2D eigenvalue weighted by Crippen LogP contribution is 2.23. The topological polar surface area (TPSA) is 49.8 Å². The Balaban J connectivity index is 2.93. The number of carbonyl (C=O) groups excluding carboxylic acids is 1. The molecule has 0 saturated carbocycles. The first kappa shape index (κ1) is 14.8. The van der Waals surface area contributed by atoms with Crippen molar-refractivity contribution in [3.05, 3.63) is 28.8 Å². The molecule has 0 heterocycles. The normalized spacial score (nSPS) is 11.2. The molecule has 5 heteroatoms. The maximum Gasteiger partial charge on any atom is 0.414 e. The maximum absolute atomic E-state index is 11.9. The predicted octanol–water partition coefficient (Wildman–Crippen LogP) is 3.20. The average molecular weight is 272 g/mol. The van der Waals surface area contributed by atoms with E-state index in [9.17, 15) is 4.79 Å². The summed E-state index contributed by atoms with van der Waals surface area (Å²) in [5, 5.41) is 9.56. The summed E-state index contributed by atoms with van der Waals surface area (Å²) in [5.74, 6) is 0. The maximum atomic E-state index is 11.9. The molecular formula is C13H18ClNO3. The molecule has 0 radical (unpaired) electrons. The van der Waals surface area contributed by atoms with Gasteiger partial charge < -0.3 is 9.84 Å². The second-order valence-corrected chi connectivity index (χ2v) is 5.45. The Kier molecular flexibility index (Phi) is 4.59. The summed E-state index contributed by atoms with van der Waals surface area (Å²) >= 11 is 5.92. The number of carbonyl (C=O) groups is 1. The van der Waals surface area contributed by atoms with Crippen LogP contribution in [-0.4, -0.2) is 23.8 Å². The number of aliphatic hydroxyl groups excluding tert-OH is 1. The van der Waals surface area contributed by atoms with Crippen LogP contribution >= 0.6 is 11.6 Å². The van der Waals surface area contributed by atoms with Crippen molar-refractivity contribution in [2.45, 2.75) is 33.0 Å². The van der Waals surface area contributed by atoms with Crippen LogP contribution in [0.15, 0.2) is 18.2 Å². The standard InChI is InChI=1S/C13H18ClNO3/c1-13(2,3)18-12(17)15(4)11-6-9(8-16)5-10(14)7-11/h5-7,16H,8H2,1-4H3. The molecule has 0 unspecified atom stereocenters. The molecule has 1 rings (SSSR count). The van der Waals surface area contributed by atoms with Gasteiger partial charge in [-0.05, 0) is 44.5 Å². The first-order valence-corrected chi connectivity index (χ1v) is 5.98. The third-order valence-corrected chi connectivity index (χ3v) is 2.40. The number of amides is 1. The molecule has 4 nitrogen and oxygen atoms in total. The van der Waals surface area contributed by atoms with Crippen LogP contribution in [0.2, 0.25) is 5.02 Å². The largest absolute Gasteiger partial charge is 0.443 e. The van der Waals surface area contributed by atoms with Gasteiger partial charge in [-0.2, -0.15) is 0 Å². The van der Waals surface area contributed by atoms with E-state index < -0.39 is 11.7 Å². The summed E-state index contributed by atoms with van der Waals surface area (Å²) in [7, 11) is 1.60. The van der Waals surface area contributed by atoms with Crippen LogP contribution in [0.1, 0.15) is 26.3 Å². The summed E-state index contributed by atoms with van der Waals surface area (Å²) in [4.78, 5) is 13.2. The molecule has 1 N–H and O–H groups in total. The van der Waals surface area contributed by atoms with Crippen molar-refractivity contribution in [2.24, 2.45) is 0 Å². The van der Waals surface area contributed by atoms with E-state index in [0.717, 1.165) is 0 Å². The zero-order chi connectivity index (χ0) is 13.9. The minimum Gasteiger partial charge on any atom is -0.443 e. The first-order chi connectivity index (χ1) is 8.23. The van der Waals surface area contributed by atoms with E-state index in [1.807, 2.05) is 0 Å². The van der Waals surface area contributed by atoms with Crippen LogP contribution in [0, 0.1) is 0 Å². The highest BCUT2D eigenvalue weighted by molar-refractivity contribution is 6.31. The van der Waals surface area contributed by atoms with E-state index in [-0.39, 0.29) is 6.61 Å². The van der Waals surface area contributed by atoms with Crippen LogP contribution in [0.4, 0.5) is 10.5 Å². The molecule has 0 aliphatic rings. The molecule has 0 aliphatic carbocycles. The smallest absolute Gasteiger partial charge is 0.414 e. The van der Waals surface area contributed by atoms with Crippen LogP contribution in [0.5, 0.6) is 0 Å². The third kappa shape index (κ3) is 4.20. The summed E-state index contributed by atoms with van der Waals surface area (Å²) in [6.07, 6.45) is -0.464. The van der Waals surface area contributed by atoms with Gasteiger partial charge in [0, 0.05) is 17.8 Å². The van der Waals surface area contributed by atoms with E-state index in [0.29, 0.717) is 16.3 Å². The number of halogens is 1. The fourth-order valence-electron chi connectivity index (χ4n) is 1.35. The lowest BCUT2D eigenvalue weighted by atomic mass is 10.2. The fraction of sp³-hybridized carbons (Fsp3) is 0.462. The third-order valence-electron chi connectivity index (χ3n) is 2.18. The fourth-order valence-corrected chi connectivity index (χ4v) is 1.61. The van der Waals surface area contributed by atoms with Crippen LogP contribution in [-0.2, 0) is 11.3 Å². The molecule has 1 aromatic rings. The van der Waals surface area contributed by atoms with Gasteiger partial charge in [0.25, 0.3) is 0 Å². The molecule has 0 aromatic heterocycles. The summed E-state index contributed by atoms with van der Waals surface area (Å²) in [6.45, 7) is 5.28. The molecular weight excluding hydrogens is 254 g/mol. The van der Waals surface area contributed by atoms with Crippen molar-refractivity contribution < 1.29 is 14.6 Å². The predicted molar refractivity (Wildman–Crippen MR) is 72.0 cm³/mol. The van der Waals surface area contributed by atoms with Crippen molar-refractivity contribution in [3.63, 3.8) is 0 Å². The highest BCUT2D eigenvalue weighted by Gasteiger charge is 2.20. The number of benzene rings is 1. The number of hydrogen-bond donors (Lipinski definition) is 1. The molecule has 0 atom stereocenters. The molecule has 0 aliphatic heterocycles. The van der Waals surface area contributed by atoms with E-state index in [2.05, 4.69) is 0 Å². The lowest BCUT2D eigenvalue weighted by Crippen LogP contribution is -2.34. The quantitative estimate of drug-likeness (QED) is 0.899. The van der Waals surface area contributed by atoms with Gasteiger partial charge in [-0.3, -0.25) is 4.90 Å². The number of ether oxygens (including phenoxy) is 1. The van der Waals surface area contributed by atoms with E-state index in [1.54, 1.807) is 46.0 Å². The zero-order valence-electron chi connectivity index (χ0n) is 11.0. The Morgan fingerprint density at radius 2 is 2.00 bits per heavy atom. The first-order valence-electron chi connectivity index (χ1n) is 5.60. The van der Waals surface area contributed by atoms with Crippen molar-refractivity contribution >= 4 is 23.4 Å². The van der Waals surface area contributed by atoms with E-state index in [1.165, 1.54) is 4.90 Å². The van der Waals surface area contributed by atoms with Gasteiger partial charge in [-0.25, -0.2) is 4.79 Å². The number of rotatable bonds is 2. The molecule has 1 aromatic carbocycles. The number of hydrogen-bond acceptors (Lipinski definition) is 3. The van der Waals surface area contributed by atoms with Gasteiger partial charge in [0.1, 0.15) is 5.60 Å². The lowest BCUT2D eigenvalue weighted by Gasteiger charge is -2.25. The number of anilines is 1. The Labute approximate surface area is 112 Å². The van der Waals surface area contributed by atoms with Crippen molar-refractivity contribution in [1.29, 1.82) is 0 Å². The number of aliphatic hydroxyl groups is 1. The SMILES string of the molecule is CN(C(=O)OC(C)(C)C)c1cc(Cl)cc(CO)c1. The number of nitrogens with zero attached hydrogens (tertiary/aromatic N) is 1. The van der Waals surface area contributed by atoms with Crippen molar-refractivity contribution in [2.75, 3.05) is 11.9 Å². The van der Waals surface area contributed by atoms with E-state index in [4.69, 9.17) is 21.4 Å². The van der Waals surface area contributed by atoms with Crippen LogP contribution in [0.3, 0.4) is 0 Å². The molecule has 100 valence electrons. The summed E-state index contributed by atoms with van der Waals surface area (Å²) in [6, 6.07) is 4.98. The van der Waals surface area contributed by atoms with Gasteiger partial charge in [0.05, 0.1) is 6.61 Å². The van der Waals surface area contributed by atoms with Gasteiger partial charge >= 0.3 is 6.09 Å². The van der Waals surface area contributed by atoms with Crippen molar-refractivity contribution in [3.8, 4) is 0 Å². The molecule has 1 amide bonds. The Morgan fingerprint density at radius 3 is 2.50 bits per heavy atom. The molecule has 0 bridgehead atoms. The van der Waals surface area contributed by atoms with Gasteiger partial charge in [-0.1, -0.05) is 11.6 Å². The Morgan fingerprint density at radius 1 is 1.39 bits per heavy atom. The minimum atomic E-state index is -0.552.